The molecule has 106 valence electrons. The van der Waals surface area contributed by atoms with Crippen LogP contribution in [-0.2, 0) is 9.59 Å². The van der Waals surface area contributed by atoms with E-state index in [0.29, 0.717) is 17.0 Å². The molecule has 0 unspecified atom stereocenters. The summed E-state index contributed by atoms with van der Waals surface area (Å²) in [5.41, 5.74) is 6.52. The maximum absolute atomic E-state index is 11.7. The fourth-order valence-corrected chi connectivity index (χ4v) is 1.44. The number of hydrogen-bond acceptors (Lipinski definition) is 4. The number of methoxy groups -OCH3 is 1. The van der Waals surface area contributed by atoms with Gasteiger partial charge in [-0.25, -0.2) is 0 Å². The van der Waals surface area contributed by atoms with Gasteiger partial charge in [-0.1, -0.05) is 11.8 Å². The summed E-state index contributed by atoms with van der Waals surface area (Å²) >= 11 is 0. The van der Waals surface area contributed by atoms with Crippen LogP contribution in [0.4, 0.5) is 5.69 Å². The molecule has 1 aromatic rings. The summed E-state index contributed by atoms with van der Waals surface area (Å²) in [7, 11) is 1.50. The fourth-order valence-electron chi connectivity index (χ4n) is 1.44. The number of carbonyl (C=O) groups is 2. The highest BCUT2D eigenvalue weighted by Crippen LogP contribution is 2.25. The summed E-state index contributed by atoms with van der Waals surface area (Å²) in [5.74, 6) is 5.50. The minimum atomic E-state index is -0.345. The smallest absolute Gasteiger partial charge is 0.243 e. The zero-order valence-electron chi connectivity index (χ0n) is 11.4. The molecule has 0 spiro atoms. The third-order valence-electron chi connectivity index (χ3n) is 2.31. The van der Waals surface area contributed by atoms with Gasteiger partial charge in [0.15, 0.2) is 0 Å². The van der Waals surface area contributed by atoms with E-state index in [2.05, 4.69) is 22.5 Å². The maximum atomic E-state index is 11.7. The highest BCUT2D eigenvalue weighted by molar-refractivity contribution is 5.95. The number of ether oxygens (including phenoxy) is 1. The van der Waals surface area contributed by atoms with Gasteiger partial charge in [0, 0.05) is 12.5 Å². The normalized spacial score (nSPS) is 9.15. The van der Waals surface area contributed by atoms with Crippen molar-refractivity contribution in [3.05, 3.63) is 23.8 Å². The van der Waals surface area contributed by atoms with E-state index >= 15 is 0 Å². The zero-order valence-corrected chi connectivity index (χ0v) is 11.4. The number of benzene rings is 1. The first-order valence-electron chi connectivity index (χ1n) is 5.98. The maximum Gasteiger partial charge on any atom is 0.243 e. The molecule has 0 heterocycles. The molecule has 4 N–H and O–H groups in total. The van der Waals surface area contributed by atoms with Crippen LogP contribution in [0.5, 0.6) is 5.75 Å². The standard InChI is InChI=1S/C14H17N3O3/c1-10(18)16-9-14(19)17-12-8-11(4-3-7-15)5-6-13(12)20-2/h5-6,8H,7,9,15H2,1-2H3,(H,16,18)(H,17,19). The molecule has 1 rings (SSSR count). The minimum Gasteiger partial charge on any atom is -0.495 e. The molecule has 0 aliphatic carbocycles. The number of rotatable bonds is 4. The minimum absolute atomic E-state index is 0.100. The number of hydrogen-bond donors (Lipinski definition) is 3. The number of nitrogens with two attached hydrogens (primary N) is 1. The van der Waals surface area contributed by atoms with Crippen LogP contribution in [0.1, 0.15) is 12.5 Å². The van der Waals surface area contributed by atoms with Crippen LogP contribution < -0.4 is 21.1 Å². The van der Waals surface area contributed by atoms with Crippen LogP contribution in [0.25, 0.3) is 0 Å². The van der Waals surface area contributed by atoms with E-state index in [0.717, 1.165) is 0 Å². The SMILES string of the molecule is COc1ccc(C#CCN)cc1NC(=O)CNC(C)=O. The number of anilines is 1. The predicted molar refractivity (Wildman–Crippen MR) is 76.2 cm³/mol. The van der Waals surface area contributed by atoms with Gasteiger partial charge in [0.05, 0.1) is 25.9 Å². The monoisotopic (exact) mass is 275 g/mol. The molecule has 6 nitrogen and oxygen atoms in total. The van der Waals surface area contributed by atoms with Crippen molar-refractivity contribution in [2.24, 2.45) is 5.73 Å². The van der Waals surface area contributed by atoms with Gasteiger partial charge in [-0.15, -0.1) is 0 Å². The first-order valence-corrected chi connectivity index (χ1v) is 5.98. The Morgan fingerprint density at radius 2 is 2.15 bits per heavy atom. The van der Waals surface area contributed by atoms with Gasteiger partial charge in [-0.3, -0.25) is 9.59 Å². The second-order valence-electron chi connectivity index (χ2n) is 3.88. The first-order chi connectivity index (χ1) is 9.56. The quantitative estimate of drug-likeness (QED) is 0.678. The molecule has 2 amide bonds. The van der Waals surface area contributed by atoms with Crippen molar-refractivity contribution >= 4 is 17.5 Å². The number of carbonyl (C=O) groups excluding carboxylic acids is 2. The van der Waals surface area contributed by atoms with Crippen molar-refractivity contribution in [2.45, 2.75) is 6.92 Å². The van der Waals surface area contributed by atoms with E-state index in [4.69, 9.17) is 10.5 Å². The summed E-state index contributed by atoms with van der Waals surface area (Å²) < 4.78 is 5.16. The Morgan fingerprint density at radius 3 is 2.75 bits per heavy atom. The van der Waals surface area contributed by atoms with Crippen LogP contribution in [-0.4, -0.2) is 32.0 Å². The van der Waals surface area contributed by atoms with Crippen LogP contribution >= 0.6 is 0 Å². The van der Waals surface area contributed by atoms with Crippen molar-refractivity contribution in [1.29, 1.82) is 0 Å². The molecule has 0 saturated heterocycles. The van der Waals surface area contributed by atoms with Crippen LogP contribution in [0.2, 0.25) is 0 Å². The Bertz CT molecular complexity index is 559. The lowest BCUT2D eigenvalue weighted by Gasteiger charge is -2.10. The van der Waals surface area contributed by atoms with Gasteiger partial charge >= 0.3 is 0 Å². The van der Waals surface area contributed by atoms with E-state index < -0.39 is 0 Å². The highest BCUT2D eigenvalue weighted by atomic mass is 16.5. The second-order valence-corrected chi connectivity index (χ2v) is 3.88. The van der Waals surface area contributed by atoms with Crippen molar-refractivity contribution in [1.82, 2.24) is 5.32 Å². The van der Waals surface area contributed by atoms with Crippen molar-refractivity contribution in [3.8, 4) is 17.6 Å². The van der Waals surface area contributed by atoms with Crippen molar-refractivity contribution < 1.29 is 14.3 Å². The van der Waals surface area contributed by atoms with Gasteiger partial charge in [-0.2, -0.15) is 0 Å². The molecule has 0 radical (unpaired) electrons. The molecular formula is C14H17N3O3. The molecule has 0 aliphatic rings. The highest BCUT2D eigenvalue weighted by Gasteiger charge is 2.08. The molecule has 0 aromatic heterocycles. The average molecular weight is 275 g/mol. The molecular weight excluding hydrogens is 258 g/mol. The Balaban J connectivity index is 2.85. The van der Waals surface area contributed by atoms with Crippen LogP contribution in [0, 0.1) is 11.8 Å². The Labute approximate surface area is 117 Å². The third-order valence-corrected chi connectivity index (χ3v) is 2.31. The molecule has 0 aliphatic heterocycles. The molecule has 1 aromatic carbocycles. The number of nitrogens with one attached hydrogen (secondary N) is 2. The van der Waals surface area contributed by atoms with Gasteiger partial charge in [0.2, 0.25) is 11.8 Å². The Kier molecular flexibility index (Phi) is 6.07. The summed E-state index contributed by atoms with van der Waals surface area (Å²) in [4.78, 5) is 22.4. The van der Waals surface area contributed by atoms with E-state index in [1.165, 1.54) is 14.0 Å². The first kappa shape index (κ1) is 15.5. The van der Waals surface area contributed by atoms with E-state index in [1.807, 2.05) is 0 Å². The van der Waals surface area contributed by atoms with Crippen LogP contribution in [0.3, 0.4) is 0 Å². The summed E-state index contributed by atoms with van der Waals surface area (Å²) in [6, 6.07) is 5.16. The van der Waals surface area contributed by atoms with Gasteiger partial charge in [-0.05, 0) is 18.2 Å². The largest absolute Gasteiger partial charge is 0.495 e. The fraction of sp³-hybridized carbons (Fsp3) is 0.286. The number of amides is 2. The Hall–Kier alpha value is -2.52. The molecule has 0 saturated carbocycles. The van der Waals surface area contributed by atoms with Crippen molar-refractivity contribution in [3.63, 3.8) is 0 Å². The van der Waals surface area contributed by atoms with Gasteiger partial charge in [0.1, 0.15) is 5.75 Å². The van der Waals surface area contributed by atoms with E-state index in [-0.39, 0.29) is 24.9 Å². The lowest BCUT2D eigenvalue weighted by molar-refractivity contribution is -0.122. The molecule has 0 fully saturated rings. The molecule has 0 atom stereocenters. The van der Waals surface area contributed by atoms with Crippen LogP contribution in [0.15, 0.2) is 18.2 Å². The van der Waals surface area contributed by atoms with E-state index in [1.54, 1.807) is 18.2 Å². The molecule has 6 heteroatoms. The average Bonchev–Trinajstić information content (AvgIpc) is 2.43. The second kappa shape index (κ2) is 7.81. The summed E-state index contributed by atoms with van der Waals surface area (Å²) in [6.07, 6.45) is 0. The lowest BCUT2D eigenvalue weighted by Crippen LogP contribution is -2.31. The van der Waals surface area contributed by atoms with Crippen molar-refractivity contribution in [2.75, 3.05) is 25.5 Å². The Morgan fingerprint density at radius 1 is 1.40 bits per heavy atom. The topological polar surface area (TPSA) is 93.4 Å². The lowest BCUT2D eigenvalue weighted by atomic mass is 10.2. The molecule has 0 bridgehead atoms. The third kappa shape index (κ3) is 5.00. The summed E-state index contributed by atoms with van der Waals surface area (Å²) in [5, 5.41) is 5.07. The van der Waals surface area contributed by atoms with E-state index in [9.17, 15) is 9.59 Å². The molecule has 20 heavy (non-hydrogen) atoms. The zero-order chi connectivity index (χ0) is 15.0. The van der Waals surface area contributed by atoms with Gasteiger partial charge < -0.3 is 21.1 Å². The summed E-state index contributed by atoms with van der Waals surface area (Å²) in [6.45, 7) is 1.50. The predicted octanol–water partition coefficient (Wildman–Crippen LogP) is 0.0800. The van der Waals surface area contributed by atoms with Gasteiger partial charge in [0.25, 0.3) is 0 Å².